The van der Waals surface area contributed by atoms with Crippen molar-refractivity contribution in [3.63, 3.8) is 0 Å². The number of carbonyl (C=O) groups is 3. The number of fused-ring (bicyclic) bond motifs is 3. The van der Waals surface area contributed by atoms with Gasteiger partial charge in [-0.15, -0.1) is 0 Å². The molecular formula is C25H22N2O7. The number of carboxylic acid groups (broad SMARTS) is 1. The molecule has 3 N–H and O–H groups in total. The van der Waals surface area contributed by atoms with Crippen molar-refractivity contribution >= 4 is 39.7 Å². The largest absolute Gasteiger partial charge is 0.480 e. The van der Waals surface area contributed by atoms with E-state index in [1.54, 1.807) is 19.3 Å². The quantitative estimate of drug-likeness (QED) is 0.359. The molecule has 4 aromatic rings. The van der Waals surface area contributed by atoms with Gasteiger partial charge in [0.1, 0.15) is 17.7 Å². The Morgan fingerprint density at radius 3 is 2.38 bits per heavy atom. The molecule has 0 aliphatic rings. The summed E-state index contributed by atoms with van der Waals surface area (Å²) in [6, 6.07) is 11.5. The number of aliphatic carboxylic acids is 1. The molecule has 2 aromatic heterocycles. The highest BCUT2D eigenvalue weighted by atomic mass is 16.4. The predicted octanol–water partition coefficient (Wildman–Crippen LogP) is 2.68. The Labute approximate surface area is 193 Å². The van der Waals surface area contributed by atoms with Gasteiger partial charge in [-0.25, -0.2) is 4.79 Å². The minimum atomic E-state index is -1.20. The summed E-state index contributed by atoms with van der Waals surface area (Å²) >= 11 is 0. The molecule has 0 saturated heterocycles. The molecule has 4 rings (SSSR count). The van der Waals surface area contributed by atoms with E-state index in [-0.39, 0.29) is 12.0 Å². The summed E-state index contributed by atoms with van der Waals surface area (Å²) in [6.45, 7) is 2.68. The van der Waals surface area contributed by atoms with Gasteiger partial charge in [0.25, 0.3) is 0 Å². The van der Waals surface area contributed by atoms with E-state index >= 15 is 0 Å². The number of nitrogens with one attached hydrogen (secondary N) is 2. The minimum absolute atomic E-state index is 0.152. The molecule has 174 valence electrons. The SMILES string of the molecule is Cc1cc2oc(=O)c(CC(=O)NCC(=O)NCC(=O)O)c(C)c2c2occ(-c3ccccc3)c12. The second kappa shape index (κ2) is 9.22. The summed E-state index contributed by atoms with van der Waals surface area (Å²) in [4.78, 5) is 47.2. The fourth-order valence-electron chi connectivity index (χ4n) is 3.96. The zero-order valence-corrected chi connectivity index (χ0v) is 18.6. The lowest BCUT2D eigenvalue weighted by atomic mass is 9.96. The molecule has 0 spiro atoms. The number of rotatable bonds is 7. The maximum Gasteiger partial charge on any atom is 0.340 e. The number of amides is 2. The van der Waals surface area contributed by atoms with E-state index in [0.29, 0.717) is 22.1 Å². The monoisotopic (exact) mass is 462 g/mol. The second-order valence-electron chi connectivity index (χ2n) is 7.90. The van der Waals surface area contributed by atoms with Crippen LogP contribution in [0, 0.1) is 13.8 Å². The van der Waals surface area contributed by atoms with E-state index in [1.165, 1.54) is 0 Å². The van der Waals surface area contributed by atoms with Crippen molar-refractivity contribution in [1.29, 1.82) is 0 Å². The Morgan fingerprint density at radius 2 is 1.68 bits per heavy atom. The van der Waals surface area contributed by atoms with Gasteiger partial charge in [0.2, 0.25) is 11.8 Å². The first-order valence-corrected chi connectivity index (χ1v) is 10.5. The Bertz CT molecular complexity index is 1480. The third kappa shape index (κ3) is 4.40. The van der Waals surface area contributed by atoms with Crippen LogP contribution < -0.4 is 16.3 Å². The molecule has 9 heteroatoms. The van der Waals surface area contributed by atoms with Crippen LogP contribution in [0.1, 0.15) is 16.7 Å². The van der Waals surface area contributed by atoms with Gasteiger partial charge in [0, 0.05) is 10.9 Å². The van der Waals surface area contributed by atoms with E-state index in [4.69, 9.17) is 13.9 Å². The first kappa shape index (κ1) is 22.8. The number of furan rings is 1. The Morgan fingerprint density at radius 1 is 0.971 bits per heavy atom. The van der Waals surface area contributed by atoms with Gasteiger partial charge < -0.3 is 24.6 Å². The summed E-state index contributed by atoms with van der Waals surface area (Å²) in [7, 11) is 0. The molecule has 0 atom stereocenters. The fraction of sp³-hybridized carbons (Fsp3) is 0.200. The normalized spacial score (nSPS) is 11.0. The van der Waals surface area contributed by atoms with E-state index in [0.717, 1.165) is 22.1 Å². The molecule has 2 aromatic carbocycles. The van der Waals surface area contributed by atoms with E-state index < -0.39 is 36.5 Å². The number of hydrogen-bond donors (Lipinski definition) is 3. The molecule has 0 fully saturated rings. The highest BCUT2D eigenvalue weighted by Gasteiger charge is 2.21. The summed E-state index contributed by atoms with van der Waals surface area (Å²) in [6.07, 6.45) is 1.36. The number of benzene rings is 2. The fourth-order valence-corrected chi connectivity index (χ4v) is 3.96. The van der Waals surface area contributed by atoms with Gasteiger partial charge in [-0.1, -0.05) is 30.3 Å². The van der Waals surface area contributed by atoms with E-state index in [1.807, 2.05) is 37.3 Å². The molecule has 0 unspecified atom stereocenters. The standard InChI is InChI=1S/C25H22N2O7/c1-13-8-18-23(24-22(13)17(12-33-24)15-6-4-3-5-7-15)14(2)16(25(32)34-18)9-19(28)26-10-20(29)27-11-21(30)31/h3-8,12H,9-11H2,1-2H3,(H,26,28)(H,27,29)(H,30,31). The highest BCUT2D eigenvalue weighted by Crippen LogP contribution is 2.38. The molecule has 34 heavy (non-hydrogen) atoms. The average Bonchev–Trinajstić information content (AvgIpc) is 3.25. The predicted molar refractivity (Wildman–Crippen MR) is 125 cm³/mol. The van der Waals surface area contributed by atoms with Crippen LogP contribution in [0.2, 0.25) is 0 Å². The van der Waals surface area contributed by atoms with Crippen LogP contribution in [-0.4, -0.2) is 36.0 Å². The van der Waals surface area contributed by atoms with Gasteiger partial charge >= 0.3 is 11.6 Å². The molecular weight excluding hydrogens is 440 g/mol. The molecule has 0 radical (unpaired) electrons. The van der Waals surface area contributed by atoms with Crippen molar-refractivity contribution in [2.24, 2.45) is 0 Å². The van der Waals surface area contributed by atoms with E-state index in [2.05, 4.69) is 10.6 Å². The number of carbonyl (C=O) groups excluding carboxylic acids is 2. The average molecular weight is 462 g/mol. The maximum absolute atomic E-state index is 12.7. The number of aryl methyl sites for hydroxylation is 2. The molecule has 0 saturated carbocycles. The Kier molecular flexibility index (Phi) is 6.18. The summed E-state index contributed by atoms with van der Waals surface area (Å²) in [5.74, 6) is -2.42. The van der Waals surface area contributed by atoms with Crippen molar-refractivity contribution in [1.82, 2.24) is 10.6 Å². The third-order valence-electron chi connectivity index (χ3n) is 5.59. The van der Waals surface area contributed by atoms with Crippen LogP contribution in [0.25, 0.3) is 33.1 Å². The minimum Gasteiger partial charge on any atom is -0.480 e. The van der Waals surface area contributed by atoms with Crippen LogP contribution in [0.4, 0.5) is 0 Å². The maximum atomic E-state index is 12.7. The highest BCUT2D eigenvalue weighted by molar-refractivity contribution is 6.11. The smallest absolute Gasteiger partial charge is 0.340 e. The lowest BCUT2D eigenvalue weighted by Gasteiger charge is -2.10. The van der Waals surface area contributed by atoms with Crippen molar-refractivity contribution < 1.29 is 28.3 Å². The first-order valence-electron chi connectivity index (χ1n) is 10.5. The number of hydrogen-bond acceptors (Lipinski definition) is 6. The molecule has 9 nitrogen and oxygen atoms in total. The molecule has 0 bridgehead atoms. The Hall–Kier alpha value is -4.40. The summed E-state index contributed by atoms with van der Waals surface area (Å²) in [5.41, 5.74) is 3.75. The van der Waals surface area contributed by atoms with Gasteiger partial charge in [0.05, 0.1) is 30.2 Å². The molecule has 0 aliphatic carbocycles. The third-order valence-corrected chi connectivity index (χ3v) is 5.59. The van der Waals surface area contributed by atoms with Crippen LogP contribution in [0.5, 0.6) is 0 Å². The lowest BCUT2D eigenvalue weighted by Crippen LogP contribution is -2.39. The molecule has 2 heterocycles. The Balaban J connectivity index is 1.68. The van der Waals surface area contributed by atoms with Crippen LogP contribution in [0.3, 0.4) is 0 Å². The van der Waals surface area contributed by atoms with Crippen molar-refractivity contribution in [3.8, 4) is 11.1 Å². The van der Waals surface area contributed by atoms with E-state index in [9.17, 15) is 19.2 Å². The summed E-state index contributed by atoms with van der Waals surface area (Å²) < 4.78 is 11.5. The summed E-state index contributed by atoms with van der Waals surface area (Å²) in [5, 5.41) is 14.6. The van der Waals surface area contributed by atoms with Gasteiger partial charge in [-0.05, 0) is 36.6 Å². The second-order valence-corrected chi connectivity index (χ2v) is 7.90. The van der Waals surface area contributed by atoms with Gasteiger partial charge in [-0.2, -0.15) is 0 Å². The van der Waals surface area contributed by atoms with Crippen LogP contribution >= 0.6 is 0 Å². The zero-order valence-electron chi connectivity index (χ0n) is 18.6. The molecule has 2 amide bonds. The lowest BCUT2D eigenvalue weighted by molar-refractivity contribution is -0.137. The van der Waals surface area contributed by atoms with Gasteiger partial charge in [0.15, 0.2) is 0 Å². The number of carboxylic acids is 1. The van der Waals surface area contributed by atoms with Crippen molar-refractivity contribution in [2.75, 3.05) is 13.1 Å². The molecule has 0 aliphatic heterocycles. The van der Waals surface area contributed by atoms with Crippen LogP contribution in [-0.2, 0) is 20.8 Å². The topological polar surface area (TPSA) is 139 Å². The van der Waals surface area contributed by atoms with Crippen molar-refractivity contribution in [3.05, 3.63) is 69.8 Å². The zero-order chi connectivity index (χ0) is 24.4. The van der Waals surface area contributed by atoms with Gasteiger partial charge in [-0.3, -0.25) is 14.4 Å². The van der Waals surface area contributed by atoms with Crippen LogP contribution in [0.15, 0.2) is 56.3 Å². The van der Waals surface area contributed by atoms with Crippen molar-refractivity contribution in [2.45, 2.75) is 20.3 Å². The first-order chi connectivity index (χ1) is 16.3.